The zero-order valence-electron chi connectivity index (χ0n) is 12.8. The topological polar surface area (TPSA) is 65.1 Å². The van der Waals surface area contributed by atoms with Gasteiger partial charge in [0.1, 0.15) is 5.82 Å². The van der Waals surface area contributed by atoms with Gasteiger partial charge in [-0.25, -0.2) is 4.98 Å². The number of hydrogen-bond acceptors (Lipinski definition) is 4. The number of phenols is 1. The third-order valence-electron chi connectivity index (χ3n) is 3.63. The van der Waals surface area contributed by atoms with Gasteiger partial charge in [-0.2, -0.15) is 5.10 Å². The van der Waals surface area contributed by atoms with Crippen LogP contribution in [-0.2, 0) is 7.05 Å². The van der Waals surface area contributed by atoms with E-state index in [0.717, 1.165) is 22.8 Å². The van der Waals surface area contributed by atoms with Crippen molar-refractivity contribution in [3.63, 3.8) is 0 Å². The summed E-state index contributed by atoms with van der Waals surface area (Å²) in [6.45, 7) is 4.38. The zero-order chi connectivity index (χ0) is 15.7. The van der Waals surface area contributed by atoms with Gasteiger partial charge in [0, 0.05) is 25.0 Å². The van der Waals surface area contributed by atoms with Crippen LogP contribution in [-0.4, -0.2) is 31.0 Å². The van der Waals surface area contributed by atoms with Crippen molar-refractivity contribution in [2.24, 2.45) is 7.05 Å². The molecule has 2 aromatic heterocycles. The maximum absolute atomic E-state index is 9.83. The lowest BCUT2D eigenvalue weighted by molar-refractivity contribution is 0.318. The van der Waals surface area contributed by atoms with E-state index in [2.05, 4.69) is 10.1 Å². The molecule has 0 aliphatic rings. The summed E-state index contributed by atoms with van der Waals surface area (Å²) in [5.74, 6) is 1.36. The molecule has 114 valence electrons. The number of ether oxygens (including phenoxy) is 1. The summed E-state index contributed by atoms with van der Waals surface area (Å²) in [5.41, 5.74) is 2.89. The van der Waals surface area contributed by atoms with E-state index in [0.29, 0.717) is 12.4 Å². The highest BCUT2D eigenvalue weighted by molar-refractivity contribution is 5.63. The first-order chi connectivity index (χ1) is 10.6. The molecule has 0 spiro atoms. The van der Waals surface area contributed by atoms with Gasteiger partial charge in [-0.05, 0) is 32.0 Å². The normalized spacial score (nSPS) is 10.9. The van der Waals surface area contributed by atoms with Crippen LogP contribution in [0.15, 0.2) is 36.8 Å². The molecular formula is C16H18N4O2. The van der Waals surface area contributed by atoms with Crippen LogP contribution >= 0.6 is 0 Å². The molecular weight excluding hydrogens is 280 g/mol. The number of phenolic OH excluding ortho intramolecular Hbond substituents is 1. The van der Waals surface area contributed by atoms with Gasteiger partial charge in [-0.1, -0.05) is 0 Å². The van der Waals surface area contributed by atoms with Crippen molar-refractivity contribution in [1.29, 1.82) is 0 Å². The van der Waals surface area contributed by atoms with E-state index in [1.807, 2.05) is 48.6 Å². The molecule has 0 aliphatic carbocycles. The third kappa shape index (κ3) is 2.32. The SMILES string of the molecule is CCOc1cc(-c2nccn2-c2cnn(C)c2C)ccc1O. The summed E-state index contributed by atoms with van der Waals surface area (Å²) >= 11 is 0. The second-order valence-corrected chi connectivity index (χ2v) is 4.98. The minimum Gasteiger partial charge on any atom is -0.504 e. The van der Waals surface area contributed by atoms with Crippen molar-refractivity contribution < 1.29 is 9.84 Å². The molecule has 0 unspecified atom stereocenters. The van der Waals surface area contributed by atoms with E-state index in [-0.39, 0.29) is 5.75 Å². The molecule has 3 rings (SSSR count). The molecule has 1 N–H and O–H groups in total. The van der Waals surface area contributed by atoms with Gasteiger partial charge in [-0.3, -0.25) is 9.25 Å². The number of hydrogen-bond donors (Lipinski definition) is 1. The van der Waals surface area contributed by atoms with Gasteiger partial charge in [0.05, 0.1) is 24.2 Å². The van der Waals surface area contributed by atoms with Crippen LogP contribution in [0.1, 0.15) is 12.6 Å². The Morgan fingerprint density at radius 3 is 2.82 bits per heavy atom. The van der Waals surface area contributed by atoms with Crippen molar-refractivity contribution in [3.05, 3.63) is 42.5 Å². The van der Waals surface area contributed by atoms with Gasteiger partial charge in [-0.15, -0.1) is 0 Å². The molecule has 22 heavy (non-hydrogen) atoms. The minimum absolute atomic E-state index is 0.126. The molecule has 0 atom stereocenters. The van der Waals surface area contributed by atoms with E-state index < -0.39 is 0 Å². The Kier molecular flexibility index (Phi) is 3.58. The number of nitrogens with zero attached hydrogens (tertiary/aromatic N) is 4. The first-order valence-electron chi connectivity index (χ1n) is 7.10. The van der Waals surface area contributed by atoms with Crippen LogP contribution in [0.2, 0.25) is 0 Å². The van der Waals surface area contributed by atoms with Crippen LogP contribution in [0.3, 0.4) is 0 Å². The standard InChI is InChI=1S/C16H18N4O2/c1-4-22-15-9-12(5-6-14(15)21)16-17-7-8-20(16)13-10-18-19(3)11(13)2/h5-10,21H,4H2,1-3H3. The van der Waals surface area contributed by atoms with E-state index in [9.17, 15) is 5.11 Å². The number of aryl methyl sites for hydroxylation is 1. The second kappa shape index (κ2) is 5.55. The molecule has 0 saturated heterocycles. The van der Waals surface area contributed by atoms with Crippen LogP contribution in [0.25, 0.3) is 17.1 Å². The molecule has 0 fully saturated rings. The van der Waals surface area contributed by atoms with Crippen LogP contribution in [0, 0.1) is 6.92 Å². The highest BCUT2D eigenvalue weighted by Crippen LogP contribution is 2.32. The van der Waals surface area contributed by atoms with Crippen molar-refractivity contribution in [2.75, 3.05) is 6.61 Å². The predicted molar refractivity (Wildman–Crippen MR) is 83.3 cm³/mol. The average Bonchev–Trinajstić information content (AvgIpc) is 3.10. The van der Waals surface area contributed by atoms with E-state index in [1.165, 1.54) is 0 Å². The van der Waals surface area contributed by atoms with Crippen LogP contribution in [0.4, 0.5) is 0 Å². The molecule has 0 aliphatic heterocycles. The fourth-order valence-corrected chi connectivity index (χ4v) is 2.36. The molecule has 1 aromatic carbocycles. The Hall–Kier alpha value is -2.76. The molecule has 0 radical (unpaired) electrons. The van der Waals surface area contributed by atoms with Crippen LogP contribution < -0.4 is 4.74 Å². The van der Waals surface area contributed by atoms with Gasteiger partial charge in [0.25, 0.3) is 0 Å². The van der Waals surface area contributed by atoms with Crippen LogP contribution in [0.5, 0.6) is 11.5 Å². The molecule has 6 nitrogen and oxygen atoms in total. The first-order valence-corrected chi connectivity index (χ1v) is 7.10. The Bertz CT molecular complexity index is 804. The maximum Gasteiger partial charge on any atom is 0.161 e. The van der Waals surface area contributed by atoms with E-state index in [1.54, 1.807) is 18.3 Å². The summed E-state index contributed by atoms with van der Waals surface area (Å²) in [6, 6.07) is 5.24. The maximum atomic E-state index is 9.83. The molecule has 6 heteroatoms. The van der Waals surface area contributed by atoms with Crippen molar-refractivity contribution in [1.82, 2.24) is 19.3 Å². The van der Waals surface area contributed by atoms with Gasteiger partial charge in [0.2, 0.25) is 0 Å². The fraction of sp³-hybridized carbons (Fsp3) is 0.250. The second-order valence-electron chi connectivity index (χ2n) is 4.98. The van der Waals surface area contributed by atoms with Crippen molar-refractivity contribution in [3.8, 4) is 28.6 Å². The largest absolute Gasteiger partial charge is 0.504 e. The van der Waals surface area contributed by atoms with Crippen molar-refractivity contribution >= 4 is 0 Å². The number of benzene rings is 1. The summed E-state index contributed by atoms with van der Waals surface area (Å²) < 4.78 is 9.24. The Balaban J connectivity index is 2.09. The lowest BCUT2D eigenvalue weighted by Gasteiger charge is -2.10. The van der Waals surface area contributed by atoms with E-state index >= 15 is 0 Å². The quantitative estimate of drug-likeness (QED) is 0.804. The predicted octanol–water partition coefficient (Wildman–Crippen LogP) is 2.69. The number of aromatic hydroxyl groups is 1. The van der Waals surface area contributed by atoms with Crippen molar-refractivity contribution in [2.45, 2.75) is 13.8 Å². The zero-order valence-corrected chi connectivity index (χ0v) is 12.8. The Morgan fingerprint density at radius 1 is 1.32 bits per heavy atom. The number of aromatic nitrogens is 4. The lowest BCUT2D eigenvalue weighted by atomic mass is 10.2. The Labute approximate surface area is 128 Å². The highest BCUT2D eigenvalue weighted by atomic mass is 16.5. The lowest BCUT2D eigenvalue weighted by Crippen LogP contribution is -2.00. The summed E-state index contributed by atoms with van der Waals surface area (Å²) in [6.07, 6.45) is 5.45. The van der Waals surface area contributed by atoms with Gasteiger partial charge >= 0.3 is 0 Å². The smallest absolute Gasteiger partial charge is 0.161 e. The third-order valence-corrected chi connectivity index (χ3v) is 3.63. The van der Waals surface area contributed by atoms with Gasteiger partial charge < -0.3 is 9.84 Å². The average molecular weight is 298 g/mol. The minimum atomic E-state index is 0.126. The summed E-state index contributed by atoms with van der Waals surface area (Å²) in [5, 5.41) is 14.1. The molecule has 2 heterocycles. The molecule has 0 saturated carbocycles. The monoisotopic (exact) mass is 298 g/mol. The Morgan fingerprint density at radius 2 is 2.14 bits per heavy atom. The van der Waals surface area contributed by atoms with E-state index in [4.69, 9.17) is 4.74 Å². The summed E-state index contributed by atoms with van der Waals surface area (Å²) in [4.78, 5) is 4.43. The fourth-order valence-electron chi connectivity index (χ4n) is 2.36. The summed E-state index contributed by atoms with van der Waals surface area (Å²) in [7, 11) is 1.91. The molecule has 3 aromatic rings. The van der Waals surface area contributed by atoms with Gasteiger partial charge in [0.15, 0.2) is 11.5 Å². The first kappa shape index (κ1) is 14.2. The molecule has 0 bridgehead atoms. The molecule has 0 amide bonds. The number of imidazole rings is 1. The number of rotatable bonds is 4. The highest BCUT2D eigenvalue weighted by Gasteiger charge is 2.14.